The topological polar surface area (TPSA) is 0 Å². The Labute approximate surface area is 148 Å². The predicted octanol–water partition coefficient (Wildman–Crippen LogP) is -0.363. The zero-order valence-corrected chi connectivity index (χ0v) is 18.2. The molecule has 0 radical (unpaired) electrons. The molecule has 0 bridgehead atoms. The van der Waals surface area contributed by atoms with Crippen LogP contribution in [0.1, 0.15) is 47.5 Å². The third kappa shape index (κ3) is 3.78. The summed E-state index contributed by atoms with van der Waals surface area (Å²) in [6.45, 7) is 11.7. The van der Waals surface area contributed by atoms with Crippen LogP contribution in [0.5, 0.6) is 0 Å². The number of hydrogen-bond acceptors (Lipinski definition) is 0. The van der Waals surface area contributed by atoms with Gasteiger partial charge >= 0.3 is 124 Å². The summed E-state index contributed by atoms with van der Waals surface area (Å²) in [4.78, 5) is 0. The molecule has 0 aromatic heterocycles. The molecule has 0 N–H and O–H groups in total. The van der Waals surface area contributed by atoms with Gasteiger partial charge in [0.1, 0.15) is 0 Å². The minimum Gasteiger partial charge on any atom is -1.00 e. The van der Waals surface area contributed by atoms with Crippen LogP contribution in [0.4, 0.5) is 0 Å². The maximum absolute atomic E-state index is 2.57. The van der Waals surface area contributed by atoms with Crippen LogP contribution in [-0.4, -0.2) is 0 Å². The molecule has 2 rings (SSSR count). The maximum atomic E-state index is 2.57. The zero-order chi connectivity index (χ0) is 13.4. The van der Waals surface area contributed by atoms with Crippen LogP contribution in [0, 0.1) is 0 Å². The van der Waals surface area contributed by atoms with Crippen molar-refractivity contribution >= 4 is 0 Å². The molecule has 0 heterocycles. The van der Waals surface area contributed by atoms with E-state index in [4.69, 9.17) is 0 Å². The van der Waals surface area contributed by atoms with Gasteiger partial charge in [0.05, 0.1) is 0 Å². The van der Waals surface area contributed by atoms with Crippen molar-refractivity contribution in [2.45, 2.75) is 53.8 Å². The molecule has 0 saturated carbocycles. The summed E-state index contributed by atoms with van der Waals surface area (Å²) in [6.07, 6.45) is 14.7. The van der Waals surface area contributed by atoms with Crippen LogP contribution in [0.15, 0.2) is 47.1 Å². The Morgan fingerprint density at radius 1 is 1.05 bits per heavy atom. The van der Waals surface area contributed by atoms with Crippen molar-refractivity contribution in [1.82, 2.24) is 0 Å². The van der Waals surface area contributed by atoms with E-state index in [1.54, 1.807) is 11.1 Å². The summed E-state index contributed by atoms with van der Waals surface area (Å²) in [5.74, 6) is 0. The van der Waals surface area contributed by atoms with E-state index in [0.29, 0.717) is 6.34 Å². The molecule has 3 heteroatoms. The van der Waals surface area contributed by atoms with E-state index < -0.39 is 22.9 Å². The zero-order valence-electron chi connectivity index (χ0n) is 13.1. The Kier molecular flexibility index (Phi) is 7.76. The van der Waals surface area contributed by atoms with Crippen molar-refractivity contribution in [2.24, 2.45) is 0 Å². The first-order valence-electron chi connectivity index (χ1n) is 6.97. The monoisotopic (exact) mass is 478 g/mol. The normalized spacial score (nSPS) is 25.9. The SMILES string of the molecule is CCC[C]1([Hf+2][C]2(C)C=C(C)C(C)=C2C)C=CC=C1.[Cl-].[Cl-]. The minimum atomic E-state index is -0.861. The van der Waals surface area contributed by atoms with E-state index >= 15 is 0 Å². The Morgan fingerprint density at radius 2 is 1.60 bits per heavy atom. The summed E-state index contributed by atoms with van der Waals surface area (Å²) < 4.78 is 0.911. The summed E-state index contributed by atoms with van der Waals surface area (Å²) >= 11 is -0.861. The molecular weight excluding hydrogens is 454 g/mol. The number of allylic oxidation sites excluding steroid dienone is 8. The van der Waals surface area contributed by atoms with Crippen LogP contribution < -0.4 is 24.8 Å². The van der Waals surface area contributed by atoms with Crippen molar-refractivity contribution in [3.63, 3.8) is 0 Å². The fourth-order valence-electron chi connectivity index (χ4n) is 3.18. The van der Waals surface area contributed by atoms with E-state index in [0.717, 1.165) is 0 Å². The van der Waals surface area contributed by atoms with Gasteiger partial charge in [0, 0.05) is 0 Å². The number of rotatable bonds is 4. The standard InChI is InChI=1S/C9H13.C8H11.2ClH.Hf/c1-6-5-7(2)9(4)8(6)3;1-2-5-8-6-3-4-7-8;;;/h5H,1-4H3;3-4,6-7H,2,5H2,1H3;2*1H;/q;;;;+2/p-2. The van der Waals surface area contributed by atoms with Gasteiger partial charge in [-0.1, -0.05) is 0 Å². The van der Waals surface area contributed by atoms with Gasteiger partial charge in [0.25, 0.3) is 0 Å². The van der Waals surface area contributed by atoms with Gasteiger partial charge in [-0.05, 0) is 0 Å². The maximum Gasteiger partial charge on any atom is -1.00 e. The van der Waals surface area contributed by atoms with Gasteiger partial charge in [0.2, 0.25) is 0 Å². The molecule has 0 amide bonds. The summed E-state index contributed by atoms with van der Waals surface area (Å²) in [5.41, 5.74) is 4.70. The van der Waals surface area contributed by atoms with Gasteiger partial charge in [0.15, 0.2) is 0 Å². The molecule has 110 valence electrons. The molecule has 0 spiro atoms. The number of hydrogen-bond donors (Lipinski definition) is 0. The molecule has 0 aromatic carbocycles. The van der Waals surface area contributed by atoms with E-state index in [9.17, 15) is 0 Å². The summed E-state index contributed by atoms with van der Waals surface area (Å²) in [6, 6.07) is 0. The smallest absolute Gasteiger partial charge is 1.00 e. The average molecular weight is 478 g/mol. The Bertz CT molecular complexity index is 459. The van der Waals surface area contributed by atoms with E-state index in [1.165, 1.54) is 18.4 Å². The largest absolute Gasteiger partial charge is 1.00 e. The molecule has 2 aliphatic rings. The molecule has 0 aliphatic heterocycles. The van der Waals surface area contributed by atoms with Crippen molar-refractivity contribution in [2.75, 3.05) is 0 Å². The first kappa shape index (κ1) is 20.4. The van der Waals surface area contributed by atoms with Gasteiger partial charge in [-0.3, -0.25) is 0 Å². The van der Waals surface area contributed by atoms with Crippen molar-refractivity contribution in [3.8, 4) is 0 Å². The van der Waals surface area contributed by atoms with Gasteiger partial charge in [-0.2, -0.15) is 0 Å². The fourth-order valence-corrected chi connectivity index (χ4v) is 11.7. The molecule has 0 fully saturated rings. The quantitative estimate of drug-likeness (QED) is 0.485. The van der Waals surface area contributed by atoms with Gasteiger partial charge < -0.3 is 24.8 Å². The molecule has 0 nitrogen and oxygen atoms in total. The predicted molar refractivity (Wildman–Crippen MR) is 76.4 cm³/mol. The molecule has 1 atom stereocenters. The second-order valence-electron chi connectivity index (χ2n) is 5.91. The molecule has 20 heavy (non-hydrogen) atoms. The van der Waals surface area contributed by atoms with Crippen LogP contribution in [0.2, 0.25) is 6.34 Å². The number of halogens is 2. The summed E-state index contributed by atoms with van der Waals surface area (Å²) in [5, 5.41) is 0. The van der Waals surface area contributed by atoms with E-state index in [2.05, 4.69) is 65.0 Å². The Balaban J connectivity index is 0.00000180. The van der Waals surface area contributed by atoms with E-state index in [1.807, 2.05) is 0 Å². The fraction of sp³-hybridized carbons (Fsp3) is 0.529. The first-order chi connectivity index (χ1) is 8.42. The molecule has 0 aromatic rings. The summed E-state index contributed by atoms with van der Waals surface area (Å²) in [7, 11) is 0. The third-order valence-corrected chi connectivity index (χ3v) is 12.0. The Morgan fingerprint density at radius 3 is 2.00 bits per heavy atom. The average Bonchev–Trinajstić information content (AvgIpc) is 2.81. The molecule has 0 saturated heterocycles. The van der Waals surface area contributed by atoms with Crippen molar-refractivity contribution < 1.29 is 47.7 Å². The van der Waals surface area contributed by atoms with E-state index in [-0.39, 0.29) is 24.8 Å². The van der Waals surface area contributed by atoms with Gasteiger partial charge in [-0.25, -0.2) is 0 Å². The van der Waals surface area contributed by atoms with Crippen LogP contribution in [0.3, 0.4) is 0 Å². The van der Waals surface area contributed by atoms with Crippen LogP contribution in [0.25, 0.3) is 0 Å². The van der Waals surface area contributed by atoms with Crippen LogP contribution in [-0.2, 0) is 22.9 Å². The van der Waals surface area contributed by atoms with Crippen molar-refractivity contribution in [1.29, 1.82) is 0 Å². The second-order valence-corrected chi connectivity index (χ2v) is 13.9. The molecule has 1 unspecified atom stereocenters. The Hall–Kier alpha value is 0.410. The minimum absolute atomic E-state index is 0. The second kappa shape index (κ2) is 7.61. The first-order valence-corrected chi connectivity index (χ1v) is 10.6. The van der Waals surface area contributed by atoms with Crippen LogP contribution >= 0.6 is 0 Å². The van der Waals surface area contributed by atoms with Crippen molar-refractivity contribution in [3.05, 3.63) is 47.1 Å². The molecule has 2 aliphatic carbocycles. The third-order valence-electron chi connectivity index (χ3n) is 4.49. The van der Waals surface area contributed by atoms with Gasteiger partial charge in [-0.15, -0.1) is 0 Å². The molecular formula is C17H24Cl2Hf.